The number of hydrogen-bond donors (Lipinski definition) is 3. The molecular weight excluding hydrogens is 359 g/mol. The zero-order valence-corrected chi connectivity index (χ0v) is 14.9. The van der Waals surface area contributed by atoms with Crippen molar-refractivity contribution < 1.29 is 22.8 Å². The van der Waals surface area contributed by atoms with Crippen LogP contribution in [0.5, 0.6) is 0 Å². The van der Waals surface area contributed by atoms with Crippen molar-refractivity contribution in [3.63, 3.8) is 0 Å². The number of halogens is 3. The number of anilines is 3. The number of alkyl halides is 3. The second-order valence-corrected chi connectivity index (χ2v) is 5.85. The van der Waals surface area contributed by atoms with Crippen molar-refractivity contribution in [1.29, 1.82) is 0 Å². The molecule has 144 valence electrons. The van der Waals surface area contributed by atoms with Crippen molar-refractivity contribution in [3.8, 4) is 0 Å². The van der Waals surface area contributed by atoms with Gasteiger partial charge >= 0.3 is 6.18 Å². The molecule has 0 aliphatic carbocycles. The third-order valence-corrected chi connectivity index (χ3v) is 3.76. The molecule has 0 heterocycles. The van der Waals surface area contributed by atoms with Crippen LogP contribution < -0.4 is 16.0 Å². The van der Waals surface area contributed by atoms with E-state index in [0.29, 0.717) is 12.1 Å². The average molecular weight is 379 g/mol. The van der Waals surface area contributed by atoms with Gasteiger partial charge in [-0.2, -0.15) is 13.2 Å². The predicted octanol–water partition coefficient (Wildman–Crippen LogP) is 4.28. The molecule has 2 aromatic rings. The topological polar surface area (TPSA) is 70.2 Å². The minimum Gasteiger partial charge on any atom is -0.376 e. The van der Waals surface area contributed by atoms with Gasteiger partial charge in [-0.05, 0) is 36.2 Å². The maximum absolute atomic E-state index is 13.3. The van der Waals surface area contributed by atoms with Crippen LogP contribution in [0, 0.1) is 0 Å². The summed E-state index contributed by atoms with van der Waals surface area (Å²) in [7, 11) is 0. The van der Waals surface area contributed by atoms with Crippen LogP contribution in [0.4, 0.5) is 30.2 Å². The maximum Gasteiger partial charge on any atom is 0.418 e. The first-order valence-electron chi connectivity index (χ1n) is 8.31. The van der Waals surface area contributed by atoms with Crippen LogP contribution in [0.25, 0.3) is 0 Å². The Balaban J connectivity index is 2.12. The molecule has 0 radical (unpaired) electrons. The average Bonchev–Trinajstić information content (AvgIpc) is 2.59. The van der Waals surface area contributed by atoms with Gasteiger partial charge in [-0.3, -0.25) is 9.59 Å². The number of carbonyl (C=O) groups is 2. The molecule has 0 aromatic heterocycles. The fraction of sp³-hybridized carbons (Fsp3) is 0.263. The Labute approximate surface area is 155 Å². The summed E-state index contributed by atoms with van der Waals surface area (Å²) in [5.74, 6) is -0.937. The van der Waals surface area contributed by atoms with Crippen LogP contribution in [0.2, 0.25) is 0 Å². The van der Waals surface area contributed by atoms with Crippen molar-refractivity contribution in [2.75, 3.05) is 22.5 Å². The molecule has 0 fully saturated rings. The van der Waals surface area contributed by atoms with Crippen molar-refractivity contribution in [1.82, 2.24) is 0 Å². The summed E-state index contributed by atoms with van der Waals surface area (Å²) in [6.45, 7) is 2.81. The van der Waals surface area contributed by atoms with E-state index in [2.05, 4.69) is 16.0 Å². The van der Waals surface area contributed by atoms with Gasteiger partial charge in [0.1, 0.15) is 0 Å². The van der Waals surface area contributed by atoms with E-state index in [1.54, 1.807) is 12.1 Å². The van der Waals surface area contributed by atoms with Crippen molar-refractivity contribution in [2.45, 2.75) is 26.4 Å². The molecular formula is C19H20F3N3O2. The van der Waals surface area contributed by atoms with Crippen LogP contribution in [0.3, 0.4) is 0 Å². The Kier molecular flexibility index (Phi) is 6.44. The molecule has 0 atom stereocenters. The van der Waals surface area contributed by atoms with Gasteiger partial charge in [-0.1, -0.05) is 25.1 Å². The highest BCUT2D eigenvalue weighted by atomic mass is 19.4. The number of benzene rings is 2. The highest BCUT2D eigenvalue weighted by molar-refractivity contribution is 5.94. The molecule has 27 heavy (non-hydrogen) atoms. The SMILES string of the molecule is CCc1ccccc1NC(=O)CNc1ccc(NC(C)=O)cc1C(F)(F)F. The molecule has 0 saturated carbocycles. The quantitative estimate of drug-likeness (QED) is 0.702. The molecule has 2 aromatic carbocycles. The predicted molar refractivity (Wildman–Crippen MR) is 98.7 cm³/mol. The molecule has 0 aliphatic heterocycles. The Morgan fingerprint density at radius 3 is 2.33 bits per heavy atom. The molecule has 2 amide bonds. The van der Waals surface area contributed by atoms with E-state index >= 15 is 0 Å². The van der Waals surface area contributed by atoms with Crippen LogP contribution >= 0.6 is 0 Å². The summed E-state index contributed by atoms with van der Waals surface area (Å²) in [4.78, 5) is 23.2. The Morgan fingerprint density at radius 2 is 1.70 bits per heavy atom. The Morgan fingerprint density at radius 1 is 1.00 bits per heavy atom. The lowest BCUT2D eigenvalue weighted by Crippen LogP contribution is -2.23. The summed E-state index contributed by atoms with van der Waals surface area (Å²) in [6.07, 6.45) is -3.92. The molecule has 5 nitrogen and oxygen atoms in total. The van der Waals surface area contributed by atoms with Crippen molar-refractivity contribution in [3.05, 3.63) is 53.6 Å². The fourth-order valence-corrected chi connectivity index (χ4v) is 2.53. The van der Waals surface area contributed by atoms with Crippen LogP contribution in [-0.2, 0) is 22.2 Å². The van der Waals surface area contributed by atoms with Gasteiger partial charge in [0, 0.05) is 24.0 Å². The van der Waals surface area contributed by atoms with Crippen LogP contribution in [0.15, 0.2) is 42.5 Å². The first kappa shape index (κ1) is 20.3. The molecule has 8 heteroatoms. The molecule has 0 aliphatic rings. The number of para-hydroxylation sites is 1. The highest BCUT2D eigenvalue weighted by Gasteiger charge is 2.34. The highest BCUT2D eigenvalue weighted by Crippen LogP contribution is 2.36. The minimum atomic E-state index is -4.64. The first-order valence-corrected chi connectivity index (χ1v) is 8.31. The van der Waals surface area contributed by atoms with Gasteiger partial charge in [-0.25, -0.2) is 0 Å². The maximum atomic E-state index is 13.3. The molecule has 2 rings (SSSR count). The van der Waals surface area contributed by atoms with Crippen molar-refractivity contribution >= 4 is 28.9 Å². The van der Waals surface area contributed by atoms with Gasteiger partial charge in [-0.15, -0.1) is 0 Å². The van der Waals surface area contributed by atoms with E-state index in [-0.39, 0.29) is 17.9 Å². The lowest BCUT2D eigenvalue weighted by molar-refractivity contribution is -0.137. The standard InChI is InChI=1S/C19H20F3N3O2/c1-3-13-6-4-5-7-16(13)25-18(27)11-23-17-9-8-14(24-12(2)26)10-15(17)19(20,21)22/h4-10,23H,3,11H2,1-2H3,(H,24,26)(H,25,27). The van der Waals surface area contributed by atoms with E-state index in [1.165, 1.54) is 19.1 Å². The summed E-state index contributed by atoms with van der Waals surface area (Å²) in [5.41, 5.74) is 0.387. The third-order valence-electron chi connectivity index (χ3n) is 3.76. The van der Waals surface area contributed by atoms with Gasteiger partial charge in [0.05, 0.1) is 12.1 Å². The van der Waals surface area contributed by atoms with E-state index in [1.807, 2.05) is 19.1 Å². The largest absolute Gasteiger partial charge is 0.418 e. The summed E-state index contributed by atoms with van der Waals surface area (Å²) in [6, 6.07) is 10.6. The van der Waals surface area contributed by atoms with Crippen molar-refractivity contribution in [2.24, 2.45) is 0 Å². The van der Waals surface area contributed by atoms with Crippen LogP contribution in [0.1, 0.15) is 25.0 Å². The summed E-state index contributed by atoms with van der Waals surface area (Å²) < 4.78 is 39.8. The van der Waals surface area contributed by atoms with Gasteiger partial charge in [0.15, 0.2) is 0 Å². The van der Waals surface area contributed by atoms with E-state index in [4.69, 9.17) is 0 Å². The fourth-order valence-electron chi connectivity index (χ4n) is 2.53. The van der Waals surface area contributed by atoms with Crippen LogP contribution in [-0.4, -0.2) is 18.4 Å². The van der Waals surface area contributed by atoms with Gasteiger partial charge in [0.25, 0.3) is 0 Å². The monoisotopic (exact) mass is 379 g/mol. The zero-order chi connectivity index (χ0) is 20.0. The number of amides is 2. The smallest absolute Gasteiger partial charge is 0.376 e. The second-order valence-electron chi connectivity index (χ2n) is 5.85. The minimum absolute atomic E-state index is 0.0294. The lowest BCUT2D eigenvalue weighted by Gasteiger charge is -2.16. The van der Waals surface area contributed by atoms with Gasteiger partial charge in [0.2, 0.25) is 11.8 Å². The number of carbonyl (C=O) groups excluding carboxylic acids is 2. The third kappa shape index (κ3) is 5.73. The normalized spacial score (nSPS) is 11.0. The van der Waals surface area contributed by atoms with E-state index < -0.39 is 23.6 Å². The molecule has 3 N–H and O–H groups in total. The Bertz CT molecular complexity index is 835. The molecule has 0 spiro atoms. The first-order chi connectivity index (χ1) is 12.7. The number of nitrogens with one attached hydrogen (secondary N) is 3. The number of rotatable bonds is 6. The van der Waals surface area contributed by atoms with E-state index in [9.17, 15) is 22.8 Å². The van der Waals surface area contributed by atoms with Gasteiger partial charge < -0.3 is 16.0 Å². The summed E-state index contributed by atoms with van der Waals surface area (Å²) >= 11 is 0. The van der Waals surface area contributed by atoms with E-state index in [0.717, 1.165) is 11.6 Å². The second kappa shape index (κ2) is 8.57. The molecule has 0 bridgehead atoms. The summed E-state index contributed by atoms with van der Waals surface area (Å²) in [5, 5.41) is 7.51. The molecule has 0 unspecified atom stereocenters. The zero-order valence-electron chi connectivity index (χ0n) is 14.9. The Hall–Kier alpha value is -3.03. The number of hydrogen-bond acceptors (Lipinski definition) is 3. The molecule has 0 saturated heterocycles. The lowest BCUT2D eigenvalue weighted by atomic mass is 10.1. The number of aryl methyl sites for hydroxylation is 1.